The molecule has 0 heteroatoms. The van der Waals surface area contributed by atoms with E-state index in [2.05, 4.69) is 51.3 Å². The molecule has 1 rings (SSSR count). The number of benzene rings is 1. The first-order valence-corrected chi connectivity index (χ1v) is 5.39. The van der Waals surface area contributed by atoms with Gasteiger partial charge in [0.2, 0.25) is 0 Å². The standard InChI is InChI=1S/C16H18/c1-5-9-13(3)15(10-6-2)16-12-8-7-11-14(16)4/h5-12H,1-2H2,3-4H3/b13-9-,15-10+. The highest BCUT2D eigenvalue weighted by Crippen LogP contribution is 2.25. The van der Waals surface area contributed by atoms with E-state index in [1.807, 2.05) is 24.3 Å². The molecule has 0 heterocycles. The number of hydrogen-bond donors (Lipinski definition) is 0. The molecule has 0 N–H and O–H groups in total. The lowest BCUT2D eigenvalue weighted by atomic mass is 9.94. The quantitative estimate of drug-likeness (QED) is 0.632. The Morgan fingerprint density at radius 2 is 1.69 bits per heavy atom. The minimum Gasteiger partial charge on any atom is -0.0991 e. The van der Waals surface area contributed by atoms with Crippen LogP contribution >= 0.6 is 0 Å². The highest BCUT2D eigenvalue weighted by molar-refractivity contribution is 5.81. The second-order valence-electron chi connectivity index (χ2n) is 3.72. The first-order valence-electron chi connectivity index (χ1n) is 5.39. The van der Waals surface area contributed by atoms with Crippen molar-refractivity contribution in [3.63, 3.8) is 0 Å². The maximum atomic E-state index is 3.77. The van der Waals surface area contributed by atoms with Gasteiger partial charge < -0.3 is 0 Å². The van der Waals surface area contributed by atoms with Crippen LogP contribution < -0.4 is 0 Å². The Bertz CT molecular complexity index is 445. The van der Waals surface area contributed by atoms with Crippen LogP contribution in [-0.2, 0) is 0 Å². The fourth-order valence-electron chi connectivity index (χ4n) is 1.69. The molecule has 0 amide bonds. The Kier molecular flexibility index (Phi) is 4.53. The molecular formula is C16H18. The topological polar surface area (TPSA) is 0 Å². The van der Waals surface area contributed by atoms with Gasteiger partial charge in [-0.2, -0.15) is 0 Å². The van der Waals surface area contributed by atoms with E-state index in [0.717, 1.165) is 0 Å². The Hall–Kier alpha value is -1.82. The van der Waals surface area contributed by atoms with E-state index in [1.165, 1.54) is 22.3 Å². The Labute approximate surface area is 98.3 Å². The van der Waals surface area contributed by atoms with Gasteiger partial charge >= 0.3 is 0 Å². The third kappa shape index (κ3) is 2.83. The maximum Gasteiger partial charge on any atom is -0.0152 e. The fraction of sp³-hybridized carbons (Fsp3) is 0.125. The minimum atomic E-state index is 1.20. The summed E-state index contributed by atoms with van der Waals surface area (Å²) in [5.41, 5.74) is 4.92. The Morgan fingerprint density at radius 1 is 1.06 bits per heavy atom. The zero-order chi connectivity index (χ0) is 12.0. The van der Waals surface area contributed by atoms with E-state index in [1.54, 1.807) is 0 Å². The first-order chi connectivity index (χ1) is 7.70. The number of rotatable bonds is 4. The van der Waals surface area contributed by atoms with Crippen LogP contribution in [0.15, 0.2) is 67.3 Å². The first kappa shape index (κ1) is 12.3. The van der Waals surface area contributed by atoms with Crippen LogP contribution in [0.2, 0.25) is 0 Å². The Morgan fingerprint density at radius 3 is 2.25 bits per heavy atom. The molecule has 0 aromatic heterocycles. The lowest BCUT2D eigenvalue weighted by Crippen LogP contribution is -1.90. The predicted octanol–water partition coefficient (Wildman–Crippen LogP) is 4.70. The molecule has 1 aromatic rings. The van der Waals surface area contributed by atoms with Crippen molar-refractivity contribution in [2.45, 2.75) is 13.8 Å². The normalized spacial score (nSPS) is 12.4. The molecule has 0 aliphatic carbocycles. The lowest BCUT2D eigenvalue weighted by molar-refractivity contribution is 1.39. The highest BCUT2D eigenvalue weighted by Gasteiger charge is 2.04. The van der Waals surface area contributed by atoms with E-state index in [0.29, 0.717) is 0 Å². The second kappa shape index (κ2) is 5.92. The zero-order valence-corrected chi connectivity index (χ0v) is 10.0. The van der Waals surface area contributed by atoms with E-state index < -0.39 is 0 Å². The molecule has 0 atom stereocenters. The molecule has 0 saturated heterocycles. The van der Waals surface area contributed by atoms with Gasteiger partial charge in [0, 0.05) is 0 Å². The average Bonchev–Trinajstić information content (AvgIpc) is 2.27. The predicted molar refractivity (Wildman–Crippen MR) is 73.3 cm³/mol. The number of aryl methyl sites for hydroxylation is 1. The Balaban J connectivity index is 3.29. The summed E-state index contributed by atoms with van der Waals surface area (Å²) in [6.07, 6.45) is 7.69. The maximum absolute atomic E-state index is 3.77. The van der Waals surface area contributed by atoms with Crippen molar-refractivity contribution in [2.75, 3.05) is 0 Å². The third-order valence-corrected chi connectivity index (χ3v) is 2.51. The molecule has 0 aliphatic heterocycles. The molecule has 0 fully saturated rings. The molecule has 0 unspecified atom stereocenters. The van der Waals surface area contributed by atoms with Gasteiger partial charge in [0.05, 0.1) is 0 Å². The van der Waals surface area contributed by atoms with Gasteiger partial charge in [0.25, 0.3) is 0 Å². The summed E-state index contributed by atoms with van der Waals surface area (Å²) in [5.74, 6) is 0. The monoisotopic (exact) mass is 210 g/mol. The van der Waals surface area contributed by atoms with Gasteiger partial charge in [-0.05, 0) is 36.1 Å². The van der Waals surface area contributed by atoms with E-state index in [4.69, 9.17) is 0 Å². The smallest absolute Gasteiger partial charge is 0.0152 e. The van der Waals surface area contributed by atoms with Crippen molar-refractivity contribution < 1.29 is 0 Å². The molecule has 0 aliphatic rings. The zero-order valence-electron chi connectivity index (χ0n) is 10.0. The third-order valence-electron chi connectivity index (χ3n) is 2.51. The summed E-state index contributed by atoms with van der Waals surface area (Å²) in [5, 5.41) is 0. The fourth-order valence-corrected chi connectivity index (χ4v) is 1.69. The van der Waals surface area contributed by atoms with Crippen LogP contribution in [0.1, 0.15) is 18.1 Å². The van der Waals surface area contributed by atoms with Crippen molar-refractivity contribution in [3.8, 4) is 0 Å². The second-order valence-corrected chi connectivity index (χ2v) is 3.72. The van der Waals surface area contributed by atoms with Crippen LogP contribution in [0.25, 0.3) is 5.57 Å². The van der Waals surface area contributed by atoms with Crippen molar-refractivity contribution in [3.05, 3.63) is 78.4 Å². The van der Waals surface area contributed by atoms with Crippen LogP contribution in [0.5, 0.6) is 0 Å². The lowest BCUT2D eigenvalue weighted by Gasteiger charge is -2.10. The van der Waals surface area contributed by atoms with Gasteiger partial charge in [0.15, 0.2) is 0 Å². The summed E-state index contributed by atoms with van der Waals surface area (Å²) >= 11 is 0. The molecule has 0 nitrogen and oxygen atoms in total. The molecule has 0 bridgehead atoms. The summed E-state index contributed by atoms with van der Waals surface area (Å²) < 4.78 is 0. The van der Waals surface area contributed by atoms with Crippen LogP contribution in [0.4, 0.5) is 0 Å². The van der Waals surface area contributed by atoms with Crippen molar-refractivity contribution in [1.82, 2.24) is 0 Å². The average molecular weight is 210 g/mol. The minimum absolute atomic E-state index is 1.20. The van der Waals surface area contributed by atoms with Gasteiger partial charge in [-0.15, -0.1) is 0 Å². The molecular weight excluding hydrogens is 192 g/mol. The van der Waals surface area contributed by atoms with Crippen molar-refractivity contribution in [2.24, 2.45) is 0 Å². The summed E-state index contributed by atoms with van der Waals surface area (Å²) in [4.78, 5) is 0. The van der Waals surface area contributed by atoms with E-state index in [9.17, 15) is 0 Å². The number of allylic oxidation sites excluding steroid dienone is 6. The molecule has 82 valence electrons. The van der Waals surface area contributed by atoms with Crippen molar-refractivity contribution in [1.29, 1.82) is 0 Å². The SMILES string of the molecule is C=C/C=C(C)\C(=C/C=C)c1ccccc1C. The molecule has 0 spiro atoms. The van der Waals surface area contributed by atoms with E-state index in [-0.39, 0.29) is 0 Å². The van der Waals surface area contributed by atoms with Crippen LogP contribution in [0, 0.1) is 6.92 Å². The summed E-state index contributed by atoms with van der Waals surface area (Å²) in [6.45, 7) is 11.7. The molecule has 16 heavy (non-hydrogen) atoms. The highest BCUT2D eigenvalue weighted by atomic mass is 14.1. The van der Waals surface area contributed by atoms with Gasteiger partial charge in [-0.3, -0.25) is 0 Å². The summed E-state index contributed by atoms with van der Waals surface area (Å²) in [7, 11) is 0. The molecule has 0 saturated carbocycles. The molecule has 1 aromatic carbocycles. The molecule has 0 radical (unpaired) electrons. The van der Waals surface area contributed by atoms with Gasteiger partial charge in [-0.25, -0.2) is 0 Å². The van der Waals surface area contributed by atoms with Crippen molar-refractivity contribution >= 4 is 5.57 Å². The van der Waals surface area contributed by atoms with Gasteiger partial charge in [0.1, 0.15) is 0 Å². The number of hydrogen-bond acceptors (Lipinski definition) is 0. The van der Waals surface area contributed by atoms with Gasteiger partial charge in [-0.1, -0.05) is 61.7 Å². The van der Waals surface area contributed by atoms with E-state index >= 15 is 0 Å². The summed E-state index contributed by atoms with van der Waals surface area (Å²) in [6, 6.07) is 8.36. The van der Waals surface area contributed by atoms with Crippen LogP contribution in [-0.4, -0.2) is 0 Å². The van der Waals surface area contributed by atoms with Crippen LogP contribution in [0.3, 0.4) is 0 Å². The largest absolute Gasteiger partial charge is 0.0991 e.